The zero-order valence-electron chi connectivity index (χ0n) is 13.0. The number of oxime groups is 1. The number of carboxylic acid groups (broad SMARTS) is 1. The van der Waals surface area contributed by atoms with Crippen molar-refractivity contribution in [3.8, 4) is 0 Å². The number of benzene rings is 1. The van der Waals surface area contributed by atoms with Gasteiger partial charge in [-0.05, 0) is 25.0 Å². The van der Waals surface area contributed by atoms with E-state index in [1.165, 1.54) is 6.08 Å². The molecule has 1 fully saturated rings. The summed E-state index contributed by atoms with van der Waals surface area (Å²) < 4.78 is 0. The highest BCUT2D eigenvalue weighted by atomic mass is 35.5. The van der Waals surface area contributed by atoms with Crippen molar-refractivity contribution in [2.45, 2.75) is 25.0 Å². The molecular weight excluding hydrogens is 367 g/mol. The van der Waals surface area contributed by atoms with Crippen molar-refractivity contribution in [2.75, 3.05) is 6.54 Å². The normalized spacial score (nSPS) is 27.8. The number of fused-ring (bicyclic) bond motifs is 1. The molecule has 0 saturated carbocycles. The van der Waals surface area contributed by atoms with Crippen LogP contribution in [0.25, 0.3) is 0 Å². The van der Waals surface area contributed by atoms with Crippen molar-refractivity contribution in [2.24, 2.45) is 11.1 Å². The third-order valence-electron chi connectivity index (χ3n) is 4.84. The van der Waals surface area contributed by atoms with Gasteiger partial charge in [0.2, 0.25) is 0 Å². The molecule has 1 aliphatic carbocycles. The highest BCUT2D eigenvalue weighted by molar-refractivity contribution is 6.41. The number of ketones is 1. The molecule has 1 aromatic carbocycles. The van der Waals surface area contributed by atoms with Crippen molar-refractivity contribution in [3.63, 3.8) is 0 Å². The number of hydrogen-bond donors (Lipinski definition) is 1. The molecule has 0 spiro atoms. The third-order valence-corrected chi connectivity index (χ3v) is 5.47. The number of carbonyl (C=O) groups excluding carboxylic acids is 1. The van der Waals surface area contributed by atoms with Gasteiger partial charge in [-0.2, -0.15) is 0 Å². The molecule has 2 heterocycles. The fourth-order valence-electron chi connectivity index (χ4n) is 3.72. The minimum atomic E-state index is -0.900. The van der Waals surface area contributed by atoms with Crippen LogP contribution in [-0.4, -0.2) is 46.2 Å². The predicted molar refractivity (Wildman–Crippen MR) is 91.8 cm³/mol. The Morgan fingerprint density at radius 1 is 1.32 bits per heavy atom. The number of carbonyl (C=O) groups is 2. The van der Waals surface area contributed by atoms with Gasteiger partial charge >= 0.3 is 5.97 Å². The zero-order valence-corrected chi connectivity index (χ0v) is 14.5. The first-order valence-corrected chi connectivity index (χ1v) is 8.67. The van der Waals surface area contributed by atoms with E-state index in [4.69, 9.17) is 28.0 Å². The molecule has 0 radical (unpaired) electrons. The first-order valence-electron chi connectivity index (χ1n) is 7.92. The lowest BCUT2D eigenvalue weighted by Crippen LogP contribution is -2.39. The molecule has 0 bridgehead atoms. The molecule has 3 atom stereocenters. The van der Waals surface area contributed by atoms with Crippen molar-refractivity contribution >= 4 is 40.7 Å². The van der Waals surface area contributed by atoms with Crippen LogP contribution in [0.1, 0.15) is 18.4 Å². The molecule has 25 heavy (non-hydrogen) atoms. The third kappa shape index (κ3) is 2.51. The van der Waals surface area contributed by atoms with Gasteiger partial charge in [0, 0.05) is 18.2 Å². The largest absolute Gasteiger partial charge is 0.480 e. The Labute approximate surface area is 153 Å². The first kappa shape index (κ1) is 16.4. The maximum absolute atomic E-state index is 12.6. The number of halogens is 2. The minimum absolute atomic E-state index is 0.178. The van der Waals surface area contributed by atoms with Crippen LogP contribution in [0.15, 0.2) is 35.1 Å². The second kappa shape index (κ2) is 6.04. The van der Waals surface area contributed by atoms with Crippen molar-refractivity contribution in [3.05, 3.63) is 45.6 Å². The lowest BCUT2D eigenvalue weighted by molar-refractivity contribution is -0.141. The smallest absolute Gasteiger partial charge is 0.326 e. The van der Waals surface area contributed by atoms with Gasteiger partial charge in [-0.15, -0.1) is 0 Å². The van der Waals surface area contributed by atoms with Gasteiger partial charge in [-0.1, -0.05) is 34.4 Å². The van der Waals surface area contributed by atoms with Crippen LogP contribution in [0.4, 0.5) is 0 Å². The van der Waals surface area contributed by atoms with E-state index in [0.29, 0.717) is 40.0 Å². The topological polar surface area (TPSA) is 79.2 Å². The Bertz CT molecular complexity index is 816. The molecule has 2 aliphatic heterocycles. The number of hydrogen-bond acceptors (Lipinski definition) is 5. The van der Waals surface area contributed by atoms with Crippen LogP contribution < -0.4 is 0 Å². The fraction of sp³-hybridized carbons (Fsp3) is 0.353. The van der Waals surface area contributed by atoms with Crippen molar-refractivity contribution < 1.29 is 19.5 Å². The van der Waals surface area contributed by atoms with Crippen LogP contribution in [-0.2, 0) is 14.4 Å². The van der Waals surface area contributed by atoms with E-state index in [1.54, 1.807) is 23.1 Å². The monoisotopic (exact) mass is 380 g/mol. The molecule has 2 unspecified atom stereocenters. The number of allylic oxidation sites excluding steroid dienone is 1. The Morgan fingerprint density at radius 3 is 2.72 bits per heavy atom. The summed E-state index contributed by atoms with van der Waals surface area (Å²) in [5.41, 5.74) is 1.45. The van der Waals surface area contributed by atoms with Crippen LogP contribution in [0.2, 0.25) is 10.0 Å². The summed E-state index contributed by atoms with van der Waals surface area (Å²) in [4.78, 5) is 31.3. The Balaban J connectivity index is 1.67. The molecule has 6 nitrogen and oxygen atoms in total. The van der Waals surface area contributed by atoms with Crippen molar-refractivity contribution in [1.82, 2.24) is 4.90 Å². The maximum atomic E-state index is 12.6. The van der Waals surface area contributed by atoms with Gasteiger partial charge in [0.15, 0.2) is 11.9 Å². The lowest BCUT2D eigenvalue weighted by Gasteiger charge is -2.27. The van der Waals surface area contributed by atoms with Gasteiger partial charge in [-0.25, -0.2) is 4.79 Å². The molecule has 4 rings (SSSR count). The highest BCUT2D eigenvalue weighted by Gasteiger charge is 2.50. The molecule has 0 amide bonds. The molecule has 130 valence electrons. The Morgan fingerprint density at radius 2 is 2.04 bits per heavy atom. The Hall–Kier alpha value is -2.05. The van der Waals surface area contributed by atoms with E-state index in [0.717, 1.165) is 6.42 Å². The quantitative estimate of drug-likeness (QED) is 0.871. The number of rotatable bonds is 3. The summed E-state index contributed by atoms with van der Waals surface area (Å²) in [6, 6.07) is 4.42. The first-order chi connectivity index (χ1) is 12.0. The van der Waals surface area contributed by atoms with E-state index in [2.05, 4.69) is 5.16 Å². The van der Waals surface area contributed by atoms with E-state index in [1.807, 2.05) is 0 Å². The average Bonchev–Trinajstić information content (AvgIpc) is 3.25. The van der Waals surface area contributed by atoms with E-state index in [9.17, 15) is 14.7 Å². The lowest BCUT2D eigenvalue weighted by atomic mass is 9.92. The van der Waals surface area contributed by atoms with Gasteiger partial charge in [0.1, 0.15) is 17.7 Å². The number of carboxylic acids is 1. The second-order valence-electron chi connectivity index (χ2n) is 6.24. The van der Waals surface area contributed by atoms with E-state index >= 15 is 0 Å². The number of nitrogens with zero attached hydrogens (tertiary/aromatic N) is 2. The molecular formula is C17H14Cl2N2O4. The van der Waals surface area contributed by atoms with E-state index in [-0.39, 0.29) is 5.78 Å². The van der Waals surface area contributed by atoms with Crippen LogP contribution in [0.3, 0.4) is 0 Å². The number of likely N-dealkylation sites (tertiary alicyclic amines) is 1. The van der Waals surface area contributed by atoms with Gasteiger partial charge in [-0.3, -0.25) is 4.79 Å². The molecule has 1 N–H and O–H groups in total. The fourth-order valence-corrected chi connectivity index (χ4v) is 4.31. The van der Waals surface area contributed by atoms with Gasteiger partial charge in [0.25, 0.3) is 0 Å². The minimum Gasteiger partial charge on any atom is -0.480 e. The average molecular weight is 381 g/mol. The summed E-state index contributed by atoms with van der Waals surface area (Å²) >= 11 is 12.5. The van der Waals surface area contributed by atoms with Gasteiger partial charge < -0.3 is 14.8 Å². The highest BCUT2D eigenvalue weighted by Crippen LogP contribution is 2.40. The van der Waals surface area contributed by atoms with E-state index < -0.39 is 24.0 Å². The maximum Gasteiger partial charge on any atom is 0.326 e. The van der Waals surface area contributed by atoms with Crippen molar-refractivity contribution in [1.29, 1.82) is 0 Å². The van der Waals surface area contributed by atoms with Crippen LogP contribution >= 0.6 is 23.2 Å². The summed E-state index contributed by atoms with van der Waals surface area (Å²) in [6.07, 6.45) is 2.14. The zero-order chi connectivity index (χ0) is 17.7. The summed E-state index contributed by atoms with van der Waals surface area (Å²) in [7, 11) is 0. The predicted octanol–water partition coefficient (Wildman–Crippen LogP) is 2.73. The molecule has 8 heteroatoms. The second-order valence-corrected chi connectivity index (χ2v) is 7.05. The molecule has 1 aromatic rings. The summed E-state index contributed by atoms with van der Waals surface area (Å²) in [5, 5.41) is 14.2. The van der Waals surface area contributed by atoms with Gasteiger partial charge in [0.05, 0.1) is 15.7 Å². The molecule has 1 saturated heterocycles. The standard InChI is InChI=1S/C17H14Cl2N2O4/c18-8-3-1-4-9(19)13(8)15-14-12(22)7-11(16(14)25-20-15)21-6-2-5-10(21)17(23)24/h1,3-4,7,10,14,16H,2,5-6H2,(H,23,24)/t10-,14?,16?/m0/s1. The summed E-state index contributed by atoms with van der Waals surface area (Å²) in [6.45, 7) is 0.574. The number of aliphatic carboxylic acids is 1. The SMILES string of the molecule is O=C1C=C(N2CCC[C@H]2C(=O)O)C2ON=C(c3c(Cl)cccc3Cl)C12. The van der Waals surface area contributed by atoms with Crippen LogP contribution in [0, 0.1) is 5.92 Å². The molecule has 0 aromatic heterocycles. The van der Waals surface area contributed by atoms with Crippen LogP contribution in [0.5, 0.6) is 0 Å². The summed E-state index contributed by atoms with van der Waals surface area (Å²) in [5.74, 6) is -1.73. The Kier molecular flexibility index (Phi) is 3.96. The molecule has 3 aliphatic rings.